The number of unbranched alkanes of at least 4 members (excludes halogenated alkanes) is 5. The van der Waals surface area contributed by atoms with Crippen LogP contribution in [0.4, 0.5) is 0 Å². The van der Waals surface area contributed by atoms with Crippen LogP contribution in [0.25, 0.3) is 0 Å². The highest BCUT2D eigenvalue weighted by molar-refractivity contribution is 6.34. The first-order chi connectivity index (χ1) is 10.3. The lowest BCUT2D eigenvalue weighted by molar-refractivity contribution is -0.143. The molecule has 22 heavy (non-hydrogen) atoms. The minimum atomic E-state index is -1.05. The van der Waals surface area contributed by atoms with E-state index in [1.807, 2.05) is 0 Å². The van der Waals surface area contributed by atoms with Crippen molar-refractivity contribution >= 4 is 35.1 Å². The van der Waals surface area contributed by atoms with Crippen molar-refractivity contribution in [2.45, 2.75) is 75.0 Å². The van der Waals surface area contributed by atoms with Crippen LogP contribution < -0.4 is 0 Å². The summed E-state index contributed by atoms with van der Waals surface area (Å²) in [6, 6.07) is 0. The molecule has 0 heterocycles. The molecule has 0 saturated carbocycles. The molecule has 0 spiro atoms. The van der Waals surface area contributed by atoms with Gasteiger partial charge in [-0.3, -0.25) is 9.59 Å². The van der Waals surface area contributed by atoms with Crippen molar-refractivity contribution in [3.63, 3.8) is 0 Å². The molecule has 0 fully saturated rings. The quantitative estimate of drug-likeness (QED) is 0.295. The average molecular weight is 355 g/mol. The molecular formula is C16H28Cl2O4. The number of hydrogen-bond donors (Lipinski definition) is 0. The van der Waals surface area contributed by atoms with Gasteiger partial charge in [-0.15, -0.1) is 23.2 Å². The molecule has 0 aromatic rings. The van der Waals surface area contributed by atoms with Crippen LogP contribution in [0.2, 0.25) is 0 Å². The normalized spacial score (nSPS) is 15.0. The van der Waals surface area contributed by atoms with Gasteiger partial charge in [0.25, 0.3) is 0 Å². The Hall–Kier alpha value is -0.480. The third kappa shape index (κ3) is 10.3. The molecule has 0 amide bonds. The Bertz CT molecular complexity index is 332. The summed E-state index contributed by atoms with van der Waals surface area (Å²) in [5, 5.41) is -0.124. The molecule has 2 unspecified atom stereocenters. The van der Waals surface area contributed by atoms with Gasteiger partial charge in [0, 0.05) is 11.8 Å². The standard InChI is InChI=1S/C16H28Cl2O4/c1-16(18,15(20)22-3)12-13(17)10-8-6-4-5-7-9-11-14(19)21-2/h13H,4-12H2,1-3H3. The molecule has 0 aromatic carbocycles. The van der Waals surface area contributed by atoms with Gasteiger partial charge in [-0.25, -0.2) is 0 Å². The van der Waals surface area contributed by atoms with Crippen molar-refractivity contribution in [2.24, 2.45) is 0 Å². The van der Waals surface area contributed by atoms with E-state index in [1.165, 1.54) is 14.2 Å². The zero-order valence-corrected chi connectivity index (χ0v) is 15.3. The molecule has 0 aliphatic heterocycles. The highest BCUT2D eigenvalue weighted by Crippen LogP contribution is 2.27. The van der Waals surface area contributed by atoms with E-state index >= 15 is 0 Å². The van der Waals surface area contributed by atoms with Crippen LogP contribution in [0.1, 0.15) is 64.7 Å². The molecule has 0 aromatic heterocycles. The molecule has 4 nitrogen and oxygen atoms in total. The summed E-state index contributed by atoms with van der Waals surface area (Å²) in [4.78, 5) is 21.3. The van der Waals surface area contributed by atoms with Gasteiger partial charge in [-0.05, 0) is 26.2 Å². The molecule has 0 N–H and O–H groups in total. The number of ether oxygens (including phenoxy) is 2. The first-order valence-corrected chi connectivity index (χ1v) is 8.63. The fraction of sp³-hybridized carbons (Fsp3) is 0.875. The molecule has 0 radical (unpaired) electrons. The van der Waals surface area contributed by atoms with Gasteiger partial charge in [0.1, 0.15) is 4.87 Å². The summed E-state index contributed by atoms with van der Waals surface area (Å²) < 4.78 is 9.25. The second-order valence-corrected chi connectivity index (χ2v) is 7.18. The summed E-state index contributed by atoms with van der Waals surface area (Å²) >= 11 is 12.4. The topological polar surface area (TPSA) is 52.6 Å². The van der Waals surface area contributed by atoms with Crippen molar-refractivity contribution in [1.82, 2.24) is 0 Å². The van der Waals surface area contributed by atoms with E-state index in [1.54, 1.807) is 6.92 Å². The number of alkyl halides is 2. The number of halogens is 2. The van der Waals surface area contributed by atoms with Crippen molar-refractivity contribution < 1.29 is 19.1 Å². The number of methoxy groups -OCH3 is 2. The van der Waals surface area contributed by atoms with Gasteiger partial charge in [-0.2, -0.15) is 0 Å². The van der Waals surface area contributed by atoms with Gasteiger partial charge in [-0.1, -0.05) is 32.1 Å². The number of rotatable bonds is 12. The van der Waals surface area contributed by atoms with E-state index < -0.39 is 10.8 Å². The van der Waals surface area contributed by atoms with Crippen molar-refractivity contribution in [2.75, 3.05) is 14.2 Å². The molecule has 0 aliphatic rings. The van der Waals surface area contributed by atoms with Gasteiger partial charge in [0.15, 0.2) is 0 Å². The Kier molecular flexibility index (Phi) is 11.7. The Morgan fingerprint density at radius 1 is 1.00 bits per heavy atom. The van der Waals surface area contributed by atoms with Crippen LogP contribution in [0, 0.1) is 0 Å². The lowest BCUT2D eigenvalue weighted by Crippen LogP contribution is -2.33. The minimum absolute atomic E-state index is 0.124. The predicted molar refractivity (Wildman–Crippen MR) is 89.5 cm³/mol. The lowest BCUT2D eigenvalue weighted by atomic mass is 10.00. The smallest absolute Gasteiger partial charge is 0.326 e. The van der Waals surface area contributed by atoms with Crippen LogP contribution in [0.5, 0.6) is 0 Å². The molecule has 2 atom stereocenters. The summed E-state index contributed by atoms with van der Waals surface area (Å²) in [7, 11) is 2.74. The highest BCUT2D eigenvalue weighted by atomic mass is 35.5. The number of hydrogen-bond acceptors (Lipinski definition) is 4. The second-order valence-electron chi connectivity index (χ2n) is 5.73. The van der Waals surface area contributed by atoms with Gasteiger partial charge in [0.2, 0.25) is 0 Å². The van der Waals surface area contributed by atoms with Crippen LogP contribution in [-0.2, 0) is 19.1 Å². The number of esters is 2. The maximum atomic E-state index is 11.5. The van der Waals surface area contributed by atoms with Gasteiger partial charge >= 0.3 is 11.9 Å². The summed E-state index contributed by atoms with van der Waals surface area (Å²) in [5.74, 6) is -0.579. The Morgan fingerprint density at radius 3 is 2.09 bits per heavy atom. The van der Waals surface area contributed by atoms with Crippen molar-refractivity contribution in [3.05, 3.63) is 0 Å². The number of carbonyl (C=O) groups excluding carboxylic acids is 2. The fourth-order valence-electron chi connectivity index (χ4n) is 2.26. The van der Waals surface area contributed by atoms with E-state index in [4.69, 9.17) is 23.2 Å². The maximum Gasteiger partial charge on any atom is 0.326 e. The third-order valence-electron chi connectivity index (χ3n) is 3.59. The van der Waals surface area contributed by atoms with Crippen molar-refractivity contribution in [1.29, 1.82) is 0 Å². The third-order valence-corrected chi connectivity index (χ3v) is 4.27. The fourth-order valence-corrected chi connectivity index (χ4v) is 3.06. The second kappa shape index (κ2) is 12.0. The Labute approximate surface area is 143 Å². The SMILES string of the molecule is COC(=O)CCCCCCCCC(Cl)CC(C)(Cl)C(=O)OC. The lowest BCUT2D eigenvalue weighted by Gasteiger charge is -2.21. The van der Waals surface area contributed by atoms with Crippen LogP contribution in [0.3, 0.4) is 0 Å². The monoisotopic (exact) mass is 354 g/mol. The molecule has 130 valence electrons. The van der Waals surface area contributed by atoms with Crippen LogP contribution in [-0.4, -0.2) is 36.4 Å². The number of carbonyl (C=O) groups is 2. The van der Waals surface area contributed by atoms with E-state index in [9.17, 15) is 9.59 Å². The molecule has 0 aliphatic carbocycles. The summed E-state index contributed by atoms with van der Waals surface area (Å²) in [6.07, 6.45) is 8.01. The minimum Gasteiger partial charge on any atom is -0.469 e. The summed E-state index contributed by atoms with van der Waals surface area (Å²) in [5.41, 5.74) is 0. The van der Waals surface area contributed by atoms with E-state index in [0.717, 1.165) is 44.9 Å². The van der Waals surface area contributed by atoms with Gasteiger partial charge in [0.05, 0.1) is 14.2 Å². The molecular weight excluding hydrogens is 327 g/mol. The Morgan fingerprint density at radius 2 is 1.55 bits per heavy atom. The molecule has 0 rings (SSSR count). The average Bonchev–Trinajstić information content (AvgIpc) is 2.47. The van der Waals surface area contributed by atoms with Crippen LogP contribution >= 0.6 is 23.2 Å². The van der Waals surface area contributed by atoms with E-state index in [0.29, 0.717) is 12.8 Å². The van der Waals surface area contributed by atoms with Crippen molar-refractivity contribution in [3.8, 4) is 0 Å². The highest BCUT2D eigenvalue weighted by Gasteiger charge is 2.33. The first kappa shape index (κ1) is 21.5. The molecule has 0 bridgehead atoms. The first-order valence-electron chi connectivity index (χ1n) is 7.81. The predicted octanol–water partition coefficient (Wildman–Crippen LogP) is 4.45. The Balaban J connectivity index is 3.59. The maximum absolute atomic E-state index is 11.5. The summed E-state index contributed by atoms with van der Waals surface area (Å²) in [6.45, 7) is 1.64. The zero-order chi connectivity index (χ0) is 17.0. The van der Waals surface area contributed by atoms with E-state index in [-0.39, 0.29) is 11.3 Å². The molecule has 0 saturated heterocycles. The van der Waals surface area contributed by atoms with E-state index in [2.05, 4.69) is 9.47 Å². The van der Waals surface area contributed by atoms with Crippen LogP contribution in [0.15, 0.2) is 0 Å². The molecule has 6 heteroatoms. The largest absolute Gasteiger partial charge is 0.469 e. The zero-order valence-electron chi connectivity index (χ0n) is 13.8. The van der Waals surface area contributed by atoms with Gasteiger partial charge < -0.3 is 9.47 Å².